The van der Waals surface area contributed by atoms with E-state index in [4.69, 9.17) is 24.1 Å². The van der Waals surface area contributed by atoms with E-state index in [2.05, 4.69) is 25.1 Å². The molecular weight excluding hydrogens is 647 g/mol. The number of ether oxygens (including phenoxy) is 2. The van der Waals surface area contributed by atoms with E-state index in [1.165, 1.54) is 30.0 Å². The van der Waals surface area contributed by atoms with E-state index in [1.807, 2.05) is 0 Å². The van der Waals surface area contributed by atoms with Gasteiger partial charge in [-0.1, -0.05) is 37.6 Å². The molecule has 0 radical (unpaired) electrons. The zero-order chi connectivity index (χ0) is 33.6. The number of thioether (sulfide) groups is 1. The van der Waals surface area contributed by atoms with Gasteiger partial charge in [-0.15, -0.1) is 0 Å². The van der Waals surface area contributed by atoms with E-state index in [9.17, 15) is 28.8 Å². The van der Waals surface area contributed by atoms with Gasteiger partial charge < -0.3 is 14.6 Å². The first-order valence-electron chi connectivity index (χ1n) is 14.4. The van der Waals surface area contributed by atoms with Crippen molar-refractivity contribution in [2.75, 3.05) is 30.7 Å². The molecule has 252 valence electrons. The molecule has 4 rings (SSSR count). The van der Waals surface area contributed by atoms with Crippen LogP contribution >= 0.6 is 19.5 Å². The number of H-pyrrole nitrogens is 1. The molecule has 2 aliphatic rings. The van der Waals surface area contributed by atoms with Crippen LogP contribution in [0.3, 0.4) is 0 Å². The molecule has 0 amide bonds. The van der Waals surface area contributed by atoms with Crippen molar-refractivity contribution in [3.05, 3.63) is 65.8 Å². The summed E-state index contributed by atoms with van der Waals surface area (Å²) in [6.45, 7) is 6.02. The van der Waals surface area contributed by atoms with E-state index in [0.717, 1.165) is 16.3 Å². The third kappa shape index (κ3) is 8.95. The number of aliphatic hydroxyl groups excluding tert-OH is 1. The van der Waals surface area contributed by atoms with Crippen molar-refractivity contribution in [3.63, 3.8) is 0 Å². The topological polar surface area (TPSA) is 242 Å². The minimum absolute atomic E-state index is 0.0494. The Morgan fingerprint density at radius 1 is 1.26 bits per heavy atom. The predicted octanol–water partition coefficient (Wildman–Crippen LogP) is 2.60. The van der Waals surface area contributed by atoms with Gasteiger partial charge in [0.05, 0.1) is 38.1 Å². The Morgan fingerprint density at radius 3 is 2.67 bits per heavy atom. The second-order valence-electron chi connectivity index (χ2n) is 11.7. The Hall–Kier alpha value is -3.28. The first kappa shape index (κ1) is 35.6. The maximum Gasteiger partial charge on any atom is 0.434 e. The molecule has 2 fully saturated rings. The number of hydrogen-bond donors (Lipinski definition) is 3. The lowest BCUT2D eigenvalue weighted by Crippen LogP contribution is -2.33. The maximum atomic E-state index is 14.0. The van der Waals surface area contributed by atoms with Gasteiger partial charge in [-0.05, 0) is 31.4 Å². The van der Waals surface area contributed by atoms with Crippen molar-refractivity contribution >= 4 is 30.4 Å². The van der Waals surface area contributed by atoms with Crippen molar-refractivity contribution in [1.82, 2.24) is 19.1 Å². The minimum Gasteiger partial charge on any atom is -0.394 e. The quantitative estimate of drug-likeness (QED) is 0.0904. The number of nitrogens with one attached hydrogen (secondary N) is 2. The highest BCUT2D eigenvalue weighted by molar-refractivity contribution is 8.13. The van der Waals surface area contributed by atoms with Crippen LogP contribution in [0.2, 0.25) is 0 Å². The Labute approximate surface area is 267 Å². The summed E-state index contributed by atoms with van der Waals surface area (Å²) in [5, 5.41) is 15.5. The predicted molar refractivity (Wildman–Crippen MR) is 166 cm³/mol. The molecule has 2 aromatic heterocycles. The molecule has 6 atom stereocenters. The highest BCUT2D eigenvalue weighted by Gasteiger charge is 2.39. The van der Waals surface area contributed by atoms with Gasteiger partial charge >= 0.3 is 19.1 Å². The van der Waals surface area contributed by atoms with Gasteiger partial charge in [0.1, 0.15) is 18.3 Å². The first-order valence-corrected chi connectivity index (χ1v) is 17.0. The average Bonchev–Trinajstić information content (AvgIpc) is 3.63. The summed E-state index contributed by atoms with van der Waals surface area (Å²) in [7, 11) is -4.31. The zero-order valence-electron chi connectivity index (χ0n) is 25.7. The van der Waals surface area contributed by atoms with Crippen molar-refractivity contribution in [1.29, 1.82) is 0 Å². The number of nitrogens with zero attached hydrogens (tertiary/aromatic N) is 6. The van der Waals surface area contributed by atoms with Gasteiger partial charge in [0.2, 0.25) is 0 Å². The first-order chi connectivity index (χ1) is 21.7. The highest BCUT2D eigenvalue weighted by atomic mass is 32.2. The SMILES string of the molecule is Cc1cn(C2CC(N=[N+]=[N-])C(COP(=O)(Nc3ccn(C4CCC(CO)O4)c(=O)n3)OCCSC(=O)C(C)(C)C)O2)c(=O)[nH]c1=O. The Balaban J connectivity index is 1.51. The molecule has 0 bridgehead atoms. The van der Waals surface area contributed by atoms with Crippen LogP contribution in [0.4, 0.5) is 5.82 Å². The van der Waals surface area contributed by atoms with E-state index < -0.39 is 67.4 Å². The molecule has 2 aromatic rings. The lowest BCUT2D eigenvalue weighted by molar-refractivity contribution is -0.117. The van der Waals surface area contributed by atoms with Gasteiger partial charge in [0.25, 0.3) is 5.56 Å². The summed E-state index contributed by atoms with van der Waals surface area (Å²) in [6, 6.07) is 0.531. The molecule has 2 aliphatic heterocycles. The number of carbonyl (C=O) groups is 1. The average molecular weight is 685 g/mol. The van der Waals surface area contributed by atoms with Gasteiger partial charge in [-0.3, -0.25) is 37.8 Å². The van der Waals surface area contributed by atoms with E-state index in [-0.39, 0.29) is 41.9 Å². The second kappa shape index (κ2) is 15.1. The fraction of sp³-hybridized carbons (Fsp3) is 0.654. The van der Waals surface area contributed by atoms with Gasteiger partial charge in [-0.25, -0.2) is 14.2 Å². The summed E-state index contributed by atoms with van der Waals surface area (Å²) in [5.74, 6) is 0.00929. The Morgan fingerprint density at radius 2 is 2.02 bits per heavy atom. The molecule has 0 saturated carbocycles. The summed E-state index contributed by atoms with van der Waals surface area (Å²) in [6.07, 6.45) is 0.900. The number of aromatic amines is 1. The standard InChI is InChI=1S/C26H37N8O10PS/c1-15-12-34(25(39)29-22(15)36)21-11-17(30-32-27)18(44-21)14-42-45(40,41-9-10-46-23(37)26(2,3)4)31-19-7-8-33(24(38)28-19)20-6-5-16(13-35)43-20/h7-8,12,16-18,20-21,35H,5-6,9-11,13-14H2,1-4H3,(H,29,36,39)(H,28,31,38,40). The molecule has 0 spiro atoms. The normalized spacial score (nSPS) is 24.3. The zero-order valence-corrected chi connectivity index (χ0v) is 27.4. The fourth-order valence-electron chi connectivity index (χ4n) is 4.67. The summed E-state index contributed by atoms with van der Waals surface area (Å²) in [4.78, 5) is 58.4. The number of azide groups is 1. The lowest BCUT2D eigenvalue weighted by atomic mass is 10.00. The number of aryl methyl sites for hydroxylation is 1. The largest absolute Gasteiger partial charge is 0.434 e. The third-order valence-electron chi connectivity index (χ3n) is 7.14. The van der Waals surface area contributed by atoms with Crippen LogP contribution in [0.5, 0.6) is 0 Å². The van der Waals surface area contributed by atoms with Crippen molar-refractivity contribution < 1.29 is 33.0 Å². The van der Waals surface area contributed by atoms with Crippen LogP contribution in [0.15, 0.2) is 38.0 Å². The van der Waals surface area contributed by atoms with Crippen molar-refractivity contribution in [2.24, 2.45) is 10.5 Å². The van der Waals surface area contributed by atoms with Crippen LogP contribution in [-0.2, 0) is 27.9 Å². The van der Waals surface area contributed by atoms with Crippen LogP contribution in [0.1, 0.15) is 58.1 Å². The highest BCUT2D eigenvalue weighted by Crippen LogP contribution is 2.48. The maximum absolute atomic E-state index is 14.0. The number of aromatic nitrogens is 4. The molecule has 20 heteroatoms. The number of rotatable bonds is 13. The van der Waals surface area contributed by atoms with E-state index in [0.29, 0.717) is 12.8 Å². The van der Waals surface area contributed by atoms with E-state index >= 15 is 0 Å². The lowest BCUT2D eigenvalue weighted by Gasteiger charge is -2.23. The molecular formula is C26H37N8O10PS. The smallest absolute Gasteiger partial charge is 0.394 e. The number of anilines is 1. The molecule has 0 aromatic carbocycles. The summed E-state index contributed by atoms with van der Waals surface area (Å²) >= 11 is 0.996. The van der Waals surface area contributed by atoms with Crippen LogP contribution in [-0.4, -0.2) is 73.1 Å². The molecule has 18 nitrogen and oxygen atoms in total. The van der Waals surface area contributed by atoms with Crippen LogP contribution < -0.4 is 22.0 Å². The van der Waals surface area contributed by atoms with Crippen molar-refractivity contribution in [2.45, 2.75) is 77.7 Å². The van der Waals surface area contributed by atoms with Gasteiger partial charge in [-0.2, -0.15) is 4.98 Å². The fourth-order valence-corrected chi connectivity index (χ4v) is 6.86. The molecule has 46 heavy (non-hydrogen) atoms. The number of carbonyl (C=O) groups excluding carboxylic acids is 1. The monoisotopic (exact) mass is 684 g/mol. The van der Waals surface area contributed by atoms with Crippen molar-refractivity contribution in [3.8, 4) is 0 Å². The summed E-state index contributed by atoms with van der Waals surface area (Å²) in [5.41, 5.74) is 6.79. The third-order valence-corrected chi connectivity index (χ3v) is 9.90. The summed E-state index contributed by atoms with van der Waals surface area (Å²) < 4.78 is 39.2. The van der Waals surface area contributed by atoms with Crippen LogP contribution in [0, 0.1) is 12.3 Å². The van der Waals surface area contributed by atoms with Gasteiger partial charge in [0.15, 0.2) is 5.12 Å². The van der Waals surface area contributed by atoms with E-state index in [1.54, 1.807) is 20.8 Å². The minimum atomic E-state index is -4.31. The number of hydrogen-bond acceptors (Lipinski definition) is 13. The molecule has 2 saturated heterocycles. The molecule has 4 heterocycles. The Kier molecular flexibility index (Phi) is 11.7. The van der Waals surface area contributed by atoms with Crippen LogP contribution in [0.25, 0.3) is 10.4 Å². The second-order valence-corrected chi connectivity index (χ2v) is 14.5. The molecule has 3 N–H and O–H groups in total. The molecule has 6 unspecified atom stereocenters. The molecule has 0 aliphatic carbocycles. The van der Waals surface area contributed by atoms with Gasteiger partial charge in [0, 0.05) is 40.5 Å². The number of aliphatic hydroxyl groups is 1. The Bertz CT molecular complexity index is 1680.